The molecule has 0 aliphatic rings. The molecule has 3 atom stereocenters. The summed E-state index contributed by atoms with van der Waals surface area (Å²) in [5, 5.41) is 0.707. The minimum absolute atomic E-state index is 0.0154. The van der Waals surface area contributed by atoms with Gasteiger partial charge >= 0.3 is 0 Å². The average molecular weight is 380 g/mol. The molecule has 0 aromatic heterocycles. The summed E-state index contributed by atoms with van der Waals surface area (Å²) in [6.07, 6.45) is 1.25. The molecule has 5 heteroatoms. The number of halogens is 1. The molecule has 136 valence electrons. The second kappa shape index (κ2) is 10.1. The Kier molecular flexibility index (Phi) is 8.10. The summed E-state index contributed by atoms with van der Waals surface area (Å²) in [4.78, 5) is 0. The van der Waals surface area contributed by atoms with Crippen LogP contribution in [-0.4, -0.2) is 27.2 Å². The monoisotopic (exact) mass is 379 g/mol. The molecule has 0 spiro atoms. The Morgan fingerprint density at radius 1 is 1.16 bits per heavy atom. The molecule has 0 bridgehead atoms. The highest BCUT2D eigenvalue weighted by molar-refractivity contribution is 7.79. The Hall–Kier alpha value is -1.20. The highest BCUT2D eigenvalue weighted by atomic mass is 35.5. The first-order valence-corrected chi connectivity index (χ1v) is 10.1. The molecule has 2 aromatic rings. The molecular formula is C20H24ClO3S-. The van der Waals surface area contributed by atoms with Crippen LogP contribution in [0.5, 0.6) is 0 Å². The van der Waals surface area contributed by atoms with E-state index in [0.29, 0.717) is 24.5 Å². The molecule has 0 aliphatic carbocycles. The maximum atomic E-state index is 10.9. The van der Waals surface area contributed by atoms with Gasteiger partial charge in [0, 0.05) is 17.4 Å². The minimum Gasteiger partial charge on any atom is -0.772 e. The summed E-state index contributed by atoms with van der Waals surface area (Å²) >= 11 is 4.47. The Bertz CT molecular complexity index is 691. The molecule has 0 heterocycles. The predicted octanol–water partition coefficient (Wildman–Crippen LogP) is 4.86. The summed E-state index contributed by atoms with van der Waals surface area (Å²) in [5.74, 6) is 0.250. The van der Waals surface area contributed by atoms with Gasteiger partial charge in [0.05, 0.1) is 6.10 Å². The lowest BCUT2D eigenvalue weighted by Crippen LogP contribution is -2.25. The Morgan fingerprint density at radius 3 is 2.48 bits per heavy atom. The Labute approximate surface area is 157 Å². The summed E-state index contributed by atoms with van der Waals surface area (Å²) < 4.78 is 27.6. The van der Waals surface area contributed by atoms with Gasteiger partial charge in [0.1, 0.15) is 0 Å². The minimum atomic E-state index is -2.04. The van der Waals surface area contributed by atoms with E-state index in [-0.39, 0.29) is 17.8 Å². The van der Waals surface area contributed by atoms with E-state index in [4.69, 9.17) is 16.3 Å². The molecule has 0 N–H and O–H groups in total. The molecule has 3 nitrogen and oxygen atoms in total. The third-order valence-electron chi connectivity index (χ3n) is 4.39. The molecule has 0 radical (unpaired) electrons. The topological polar surface area (TPSA) is 49.4 Å². The van der Waals surface area contributed by atoms with Crippen molar-refractivity contribution < 1.29 is 13.5 Å². The van der Waals surface area contributed by atoms with Gasteiger partial charge in [-0.15, -0.1) is 0 Å². The van der Waals surface area contributed by atoms with Gasteiger partial charge in [0.15, 0.2) is 0 Å². The van der Waals surface area contributed by atoms with Crippen molar-refractivity contribution in [2.24, 2.45) is 5.92 Å². The average Bonchev–Trinajstić information content (AvgIpc) is 2.60. The van der Waals surface area contributed by atoms with Gasteiger partial charge in [-0.25, -0.2) is 0 Å². The van der Waals surface area contributed by atoms with Crippen LogP contribution < -0.4 is 0 Å². The Morgan fingerprint density at radius 2 is 1.88 bits per heavy atom. The van der Waals surface area contributed by atoms with Gasteiger partial charge in [-0.3, -0.25) is 4.21 Å². The van der Waals surface area contributed by atoms with Gasteiger partial charge in [0.2, 0.25) is 0 Å². The number of benzene rings is 2. The Balaban J connectivity index is 2.16. The van der Waals surface area contributed by atoms with Crippen LogP contribution in [0.1, 0.15) is 25.8 Å². The van der Waals surface area contributed by atoms with E-state index < -0.39 is 11.1 Å². The van der Waals surface area contributed by atoms with Gasteiger partial charge in [-0.1, -0.05) is 65.1 Å². The predicted molar refractivity (Wildman–Crippen MR) is 104 cm³/mol. The van der Waals surface area contributed by atoms with Crippen molar-refractivity contribution in [2.45, 2.75) is 32.8 Å². The van der Waals surface area contributed by atoms with Crippen LogP contribution in [0.25, 0.3) is 11.1 Å². The lowest BCUT2D eigenvalue weighted by Gasteiger charge is -2.25. The zero-order chi connectivity index (χ0) is 18.2. The summed E-state index contributed by atoms with van der Waals surface area (Å²) in [6, 6.07) is 16.2. The second-order valence-electron chi connectivity index (χ2n) is 6.09. The zero-order valence-corrected chi connectivity index (χ0v) is 16.2. The molecular weight excluding hydrogens is 356 g/mol. The van der Waals surface area contributed by atoms with Crippen molar-refractivity contribution in [2.75, 3.05) is 12.4 Å². The highest BCUT2D eigenvalue weighted by Gasteiger charge is 2.19. The van der Waals surface area contributed by atoms with Crippen molar-refractivity contribution in [1.29, 1.82) is 0 Å². The molecule has 25 heavy (non-hydrogen) atoms. The van der Waals surface area contributed by atoms with Crippen molar-refractivity contribution in [3.8, 4) is 11.1 Å². The lowest BCUT2D eigenvalue weighted by molar-refractivity contribution is 0.0319. The van der Waals surface area contributed by atoms with E-state index >= 15 is 0 Å². The normalized spacial score (nSPS) is 14.9. The van der Waals surface area contributed by atoms with Crippen LogP contribution in [0.15, 0.2) is 48.5 Å². The number of hydrogen-bond acceptors (Lipinski definition) is 3. The second-order valence-corrected chi connectivity index (χ2v) is 7.52. The van der Waals surface area contributed by atoms with Crippen LogP contribution >= 0.6 is 11.6 Å². The standard InChI is InChI=1S/C20H25ClO3S/c1-3-24-15(2)17(11-12-25(22)23)13-19-10-9-18(14-20(19)21)16-7-5-4-6-8-16/h4-10,14-15,17H,3,11-13H2,1-2H3,(H,22,23)/p-1. The third-order valence-corrected chi connectivity index (χ3v) is 5.31. The molecule has 2 rings (SSSR count). The molecule has 0 aliphatic heterocycles. The molecule has 0 saturated carbocycles. The van der Waals surface area contributed by atoms with Gasteiger partial charge in [-0.2, -0.15) is 0 Å². The smallest absolute Gasteiger partial charge is 0.0578 e. The van der Waals surface area contributed by atoms with Crippen LogP contribution in [0.2, 0.25) is 5.02 Å². The van der Waals surface area contributed by atoms with Gasteiger partial charge in [0.25, 0.3) is 0 Å². The van der Waals surface area contributed by atoms with E-state index in [2.05, 4.69) is 18.2 Å². The SMILES string of the molecule is CCOC(C)C(CCS(=O)[O-])Cc1ccc(-c2ccccc2)cc1Cl. The largest absolute Gasteiger partial charge is 0.772 e. The third kappa shape index (κ3) is 6.23. The van der Waals surface area contributed by atoms with Crippen LogP contribution in [-0.2, 0) is 22.2 Å². The fraction of sp³-hybridized carbons (Fsp3) is 0.400. The summed E-state index contributed by atoms with van der Waals surface area (Å²) in [7, 11) is 0. The molecule has 0 fully saturated rings. The molecule has 0 saturated heterocycles. The molecule has 2 aromatic carbocycles. The van der Waals surface area contributed by atoms with E-state index in [1.54, 1.807) is 0 Å². The van der Waals surface area contributed by atoms with Crippen molar-refractivity contribution in [1.82, 2.24) is 0 Å². The van der Waals surface area contributed by atoms with E-state index in [9.17, 15) is 8.76 Å². The van der Waals surface area contributed by atoms with E-state index in [1.807, 2.05) is 44.2 Å². The zero-order valence-electron chi connectivity index (χ0n) is 14.6. The van der Waals surface area contributed by atoms with Crippen LogP contribution in [0.3, 0.4) is 0 Å². The molecule has 3 unspecified atom stereocenters. The fourth-order valence-electron chi connectivity index (χ4n) is 2.95. The van der Waals surface area contributed by atoms with Gasteiger partial charge < -0.3 is 9.29 Å². The van der Waals surface area contributed by atoms with Crippen LogP contribution in [0, 0.1) is 5.92 Å². The van der Waals surface area contributed by atoms with Crippen molar-refractivity contribution in [3.63, 3.8) is 0 Å². The first-order chi connectivity index (χ1) is 12.0. The van der Waals surface area contributed by atoms with Crippen molar-refractivity contribution >= 4 is 22.7 Å². The number of rotatable bonds is 9. The number of ether oxygens (including phenoxy) is 1. The number of hydrogen-bond donors (Lipinski definition) is 0. The fourth-order valence-corrected chi connectivity index (χ4v) is 3.71. The first kappa shape index (κ1) is 20.1. The van der Waals surface area contributed by atoms with Crippen LogP contribution in [0.4, 0.5) is 0 Å². The van der Waals surface area contributed by atoms with Crippen molar-refractivity contribution in [3.05, 3.63) is 59.1 Å². The lowest BCUT2D eigenvalue weighted by atomic mass is 9.91. The maximum absolute atomic E-state index is 10.9. The van der Waals surface area contributed by atoms with Gasteiger partial charge in [-0.05, 0) is 55.4 Å². The maximum Gasteiger partial charge on any atom is 0.0578 e. The van der Waals surface area contributed by atoms with E-state index in [0.717, 1.165) is 16.7 Å². The molecule has 0 amide bonds. The first-order valence-electron chi connectivity index (χ1n) is 8.52. The highest BCUT2D eigenvalue weighted by Crippen LogP contribution is 2.29. The van der Waals surface area contributed by atoms with E-state index in [1.165, 1.54) is 0 Å². The summed E-state index contributed by atoms with van der Waals surface area (Å²) in [6.45, 7) is 4.55. The quantitative estimate of drug-likeness (QED) is 0.584. The summed E-state index contributed by atoms with van der Waals surface area (Å²) in [5.41, 5.74) is 3.22.